The molecule has 0 radical (unpaired) electrons. The summed E-state index contributed by atoms with van der Waals surface area (Å²) < 4.78 is 0. The van der Waals surface area contributed by atoms with Gasteiger partial charge in [0.05, 0.1) is 0 Å². The summed E-state index contributed by atoms with van der Waals surface area (Å²) in [5.74, 6) is -0.0959. The van der Waals surface area contributed by atoms with Crippen LogP contribution in [0.1, 0.15) is 28.5 Å². The summed E-state index contributed by atoms with van der Waals surface area (Å²) >= 11 is 0. The van der Waals surface area contributed by atoms with Crippen molar-refractivity contribution in [2.45, 2.75) is 20.3 Å². The third kappa shape index (κ3) is 2.74. The van der Waals surface area contributed by atoms with E-state index in [4.69, 9.17) is 0 Å². The van der Waals surface area contributed by atoms with E-state index in [0.29, 0.717) is 5.56 Å². The van der Waals surface area contributed by atoms with Crippen LogP contribution in [-0.4, -0.2) is 10.9 Å². The van der Waals surface area contributed by atoms with Gasteiger partial charge in [0.1, 0.15) is 0 Å². The van der Waals surface area contributed by atoms with Crippen molar-refractivity contribution in [3.05, 3.63) is 59.4 Å². The van der Waals surface area contributed by atoms with Crippen molar-refractivity contribution in [2.75, 3.05) is 5.32 Å². The number of nitrogens with one attached hydrogen (secondary N) is 1. The number of amides is 1. The SMILES string of the molecule is CCc1ccccc1NC(=O)c1ccnc(C)c1. The fourth-order valence-electron chi connectivity index (χ4n) is 1.83. The van der Waals surface area contributed by atoms with Gasteiger partial charge in [0.15, 0.2) is 0 Å². The molecule has 92 valence electrons. The van der Waals surface area contributed by atoms with Crippen molar-refractivity contribution in [1.82, 2.24) is 4.98 Å². The first-order valence-corrected chi connectivity index (χ1v) is 6.02. The predicted octanol–water partition coefficient (Wildman–Crippen LogP) is 3.20. The zero-order chi connectivity index (χ0) is 13.0. The standard InChI is InChI=1S/C15H16N2O/c1-3-12-6-4-5-7-14(12)17-15(18)13-8-9-16-11(2)10-13/h4-10H,3H2,1-2H3,(H,17,18). The first-order valence-electron chi connectivity index (χ1n) is 6.02. The van der Waals surface area contributed by atoms with E-state index in [0.717, 1.165) is 23.4 Å². The first-order chi connectivity index (χ1) is 8.70. The number of carbonyl (C=O) groups excluding carboxylic acids is 1. The molecule has 0 saturated heterocycles. The monoisotopic (exact) mass is 240 g/mol. The molecule has 2 rings (SSSR count). The topological polar surface area (TPSA) is 42.0 Å². The summed E-state index contributed by atoms with van der Waals surface area (Å²) in [6, 6.07) is 11.3. The van der Waals surface area contributed by atoms with E-state index in [1.54, 1.807) is 18.3 Å². The highest BCUT2D eigenvalue weighted by Gasteiger charge is 2.08. The maximum atomic E-state index is 12.1. The van der Waals surface area contributed by atoms with Crippen molar-refractivity contribution in [2.24, 2.45) is 0 Å². The zero-order valence-corrected chi connectivity index (χ0v) is 10.6. The largest absolute Gasteiger partial charge is 0.322 e. The van der Waals surface area contributed by atoms with Gasteiger partial charge in [-0.25, -0.2) is 0 Å². The summed E-state index contributed by atoms with van der Waals surface area (Å²) in [7, 11) is 0. The molecular weight excluding hydrogens is 224 g/mol. The Bertz CT molecular complexity index is 564. The molecule has 1 amide bonds. The van der Waals surface area contributed by atoms with Crippen LogP contribution in [0.4, 0.5) is 5.69 Å². The van der Waals surface area contributed by atoms with Gasteiger partial charge in [-0.05, 0) is 37.1 Å². The quantitative estimate of drug-likeness (QED) is 0.895. The summed E-state index contributed by atoms with van der Waals surface area (Å²) in [5.41, 5.74) is 3.48. The fourth-order valence-corrected chi connectivity index (χ4v) is 1.83. The van der Waals surface area contributed by atoms with Gasteiger partial charge in [0.2, 0.25) is 0 Å². The van der Waals surface area contributed by atoms with Crippen LogP contribution in [0, 0.1) is 6.92 Å². The van der Waals surface area contributed by atoms with Crippen LogP contribution in [0.25, 0.3) is 0 Å². The molecule has 0 aliphatic rings. The van der Waals surface area contributed by atoms with Gasteiger partial charge in [-0.15, -0.1) is 0 Å². The number of aryl methyl sites for hydroxylation is 2. The Hall–Kier alpha value is -2.16. The van der Waals surface area contributed by atoms with E-state index in [1.807, 2.05) is 31.2 Å². The lowest BCUT2D eigenvalue weighted by atomic mass is 10.1. The highest BCUT2D eigenvalue weighted by Crippen LogP contribution is 2.16. The molecule has 1 aromatic carbocycles. The van der Waals surface area contributed by atoms with Crippen molar-refractivity contribution in [3.8, 4) is 0 Å². The van der Waals surface area contributed by atoms with Crippen molar-refractivity contribution < 1.29 is 4.79 Å². The maximum Gasteiger partial charge on any atom is 0.255 e. The molecule has 2 aromatic rings. The highest BCUT2D eigenvalue weighted by molar-refractivity contribution is 6.04. The minimum atomic E-state index is -0.0959. The molecule has 0 unspecified atom stereocenters. The average molecular weight is 240 g/mol. The minimum absolute atomic E-state index is 0.0959. The normalized spacial score (nSPS) is 10.1. The Kier molecular flexibility index (Phi) is 3.72. The maximum absolute atomic E-state index is 12.1. The number of pyridine rings is 1. The molecule has 0 spiro atoms. The average Bonchev–Trinajstić information content (AvgIpc) is 2.39. The molecule has 1 aromatic heterocycles. The van der Waals surface area contributed by atoms with Crippen LogP contribution < -0.4 is 5.32 Å². The van der Waals surface area contributed by atoms with Crippen LogP contribution in [-0.2, 0) is 6.42 Å². The van der Waals surface area contributed by atoms with E-state index in [9.17, 15) is 4.79 Å². The van der Waals surface area contributed by atoms with E-state index >= 15 is 0 Å². The van der Waals surface area contributed by atoms with Gasteiger partial charge in [-0.2, -0.15) is 0 Å². The minimum Gasteiger partial charge on any atom is -0.322 e. The number of aromatic nitrogens is 1. The Balaban J connectivity index is 2.21. The summed E-state index contributed by atoms with van der Waals surface area (Å²) in [6.07, 6.45) is 2.54. The highest BCUT2D eigenvalue weighted by atomic mass is 16.1. The lowest BCUT2D eigenvalue weighted by molar-refractivity contribution is 0.102. The van der Waals surface area contributed by atoms with Gasteiger partial charge in [-0.3, -0.25) is 9.78 Å². The molecule has 1 heterocycles. The molecule has 3 heteroatoms. The van der Waals surface area contributed by atoms with Crippen molar-refractivity contribution in [3.63, 3.8) is 0 Å². The molecule has 0 saturated carbocycles. The van der Waals surface area contributed by atoms with E-state index in [-0.39, 0.29) is 5.91 Å². The van der Waals surface area contributed by atoms with Crippen LogP contribution >= 0.6 is 0 Å². The van der Waals surface area contributed by atoms with Crippen LogP contribution in [0.15, 0.2) is 42.6 Å². The van der Waals surface area contributed by atoms with Gasteiger partial charge < -0.3 is 5.32 Å². The Morgan fingerprint density at radius 2 is 2.06 bits per heavy atom. The molecule has 0 aliphatic carbocycles. The Morgan fingerprint density at radius 3 is 2.78 bits per heavy atom. The van der Waals surface area contributed by atoms with Crippen LogP contribution in [0.5, 0.6) is 0 Å². The molecule has 0 aliphatic heterocycles. The molecule has 0 bridgehead atoms. The third-order valence-corrected chi connectivity index (χ3v) is 2.81. The molecule has 1 N–H and O–H groups in total. The summed E-state index contributed by atoms with van der Waals surface area (Å²) in [6.45, 7) is 3.94. The molecule has 0 fully saturated rings. The fraction of sp³-hybridized carbons (Fsp3) is 0.200. The predicted molar refractivity (Wildman–Crippen MR) is 72.7 cm³/mol. The summed E-state index contributed by atoms with van der Waals surface area (Å²) in [5, 5.41) is 2.94. The summed E-state index contributed by atoms with van der Waals surface area (Å²) in [4.78, 5) is 16.2. The lowest BCUT2D eigenvalue weighted by Gasteiger charge is -2.09. The van der Waals surface area contributed by atoms with Gasteiger partial charge >= 0.3 is 0 Å². The molecule has 3 nitrogen and oxygen atoms in total. The first kappa shape index (κ1) is 12.3. The second kappa shape index (κ2) is 5.45. The number of anilines is 1. The van der Waals surface area contributed by atoms with Crippen LogP contribution in [0.2, 0.25) is 0 Å². The number of hydrogen-bond donors (Lipinski definition) is 1. The Labute approximate surface area is 107 Å². The Morgan fingerprint density at radius 1 is 1.28 bits per heavy atom. The second-order valence-corrected chi connectivity index (χ2v) is 4.15. The van der Waals surface area contributed by atoms with Crippen LogP contribution in [0.3, 0.4) is 0 Å². The number of benzene rings is 1. The number of hydrogen-bond acceptors (Lipinski definition) is 2. The smallest absolute Gasteiger partial charge is 0.255 e. The van der Waals surface area contributed by atoms with Gasteiger partial charge in [0, 0.05) is 23.1 Å². The lowest BCUT2D eigenvalue weighted by Crippen LogP contribution is -2.13. The molecular formula is C15H16N2O. The number of para-hydroxylation sites is 1. The van der Waals surface area contributed by atoms with Crippen molar-refractivity contribution >= 4 is 11.6 Å². The number of nitrogens with zero attached hydrogens (tertiary/aromatic N) is 1. The molecule has 0 atom stereocenters. The second-order valence-electron chi connectivity index (χ2n) is 4.15. The van der Waals surface area contributed by atoms with E-state index in [2.05, 4.69) is 17.2 Å². The molecule has 18 heavy (non-hydrogen) atoms. The van der Waals surface area contributed by atoms with Crippen molar-refractivity contribution in [1.29, 1.82) is 0 Å². The van der Waals surface area contributed by atoms with E-state index in [1.165, 1.54) is 0 Å². The number of carbonyl (C=O) groups is 1. The van der Waals surface area contributed by atoms with Gasteiger partial charge in [0.25, 0.3) is 5.91 Å². The zero-order valence-electron chi connectivity index (χ0n) is 10.6. The van der Waals surface area contributed by atoms with E-state index < -0.39 is 0 Å². The third-order valence-electron chi connectivity index (χ3n) is 2.81. The van der Waals surface area contributed by atoms with Gasteiger partial charge in [-0.1, -0.05) is 25.1 Å². The number of rotatable bonds is 3.